The van der Waals surface area contributed by atoms with Gasteiger partial charge in [0.05, 0.1) is 11.1 Å². The largest absolute Gasteiger partial charge is 0.418 e. The summed E-state index contributed by atoms with van der Waals surface area (Å²) < 4.78 is 38.4. The highest BCUT2D eigenvalue weighted by Crippen LogP contribution is 2.45. The van der Waals surface area contributed by atoms with Crippen molar-refractivity contribution in [2.75, 3.05) is 0 Å². The Morgan fingerprint density at radius 3 is 2.71 bits per heavy atom. The molecule has 0 unspecified atom stereocenters. The van der Waals surface area contributed by atoms with Crippen molar-refractivity contribution in [3.8, 4) is 0 Å². The van der Waals surface area contributed by atoms with Crippen LogP contribution in [0.4, 0.5) is 18.9 Å². The lowest BCUT2D eigenvalue weighted by molar-refractivity contribution is -0.137. The molecule has 0 atom stereocenters. The molecule has 0 bridgehead atoms. The van der Waals surface area contributed by atoms with E-state index in [0.29, 0.717) is 17.5 Å². The molecule has 3 rings (SSSR count). The second-order valence-corrected chi connectivity index (χ2v) is 3.82. The number of fused-ring (bicyclic) bond motifs is 3. The first-order valence-electron chi connectivity index (χ1n) is 4.88. The predicted molar refractivity (Wildman–Crippen MR) is 53.0 cm³/mol. The van der Waals surface area contributed by atoms with Gasteiger partial charge >= 0.3 is 6.18 Å². The molecule has 1 heterocycles. The topological polar surface area (TPSA) is 41.8 Å². The number of benzene rings is 1. The van der Waals surface area contributed by atoms with Gasteiger partial charge in [-0.05, 0) is 23.6 Å². The number of hydrogen-bond donors (Lipinski definition) is 0. The smallest absolute Gasteiger partial charge is 0.265 e. The van der Waals surface area contributed by atoms with E-state index in [9.17, 15) is 18.0 Å². The number of nitrogens with zero attached hydrogens (tertiary/aromatic N) is 2. The van der Waals surface area contributed by atoms with Crippen molar-refractivity contribution in [1.29, 1.82) is 0 Å². The maximum atomic E-state index is 12.8. The van der Waals surface area contributed by atoms with E-state index in [2.05, 4.69) is 10.2 Å². The quantitative estimate of drug-likeness (QED) is 0.681. The number of azo groups is 1. The molecule has 17 heavy (non-hydrogen) atoms. The minimum Gasteiger partial charge on any atom is -0.265 e. The third kappa shape index (κ3) is 1.33. The number of allylic oxidation sites excluding steroid dienone is 1. The first kappa shape index (κ1) is 10.2. The summed E-state index contributed by atoms with van der Waals surface area (Å²) in [6.07, 6.45) is -0.779. The van der Waals surface area contributed by atoms with Crippen molar-refractivity contribution < 1.29 is 18.0 Å². The summed E-state index contributed by atoms with van der Waals surface area (Å²) in [5.41, 5.74) is -0.225. The Balaban J connectivity index is 2.36. The van der Waals surface area contributed by atoms with E-state index in [1.807, 2.05) is 0 Å². The number of carbonyl (C=O) groups is 1. The highest BCUT2D eigenvalue weighted by atomic mass is 19.4. The molecule has 6 heteroatoms. The lowest BCUT2D eigenvalue weighted by Crippen LogP contribution is -2.09. The average molecular weight is 238 g/mol. The molecule has 0 radical (unpaired) electrons. The van der Waals surface area contributed by atoms with Crippen LogP contribution in [0.2, 0.25) is 0 Å². The highest BCUT2D eigenvalue weighted by molar-refractivity contribution is 6.05. The van der Waals surface area contributed by atoms with Crippen LogP contribution >= 0.6 is 0 Å². The molecule has 0 saturated carbocycles. The Labute approximate surface area is 93.7 Å². The molecule has 0 N–H and O–H groups in total. The van der Waals surface area contributed by atoms with Gasteiger partial charge in [0, 0.05) is 0 Å². The van der Waals surface area contributed by atoms with E-state index in [-0.39, 0.29) is 11.3 Å². The van der Waals surface area contributed by atoms with Crippen LogP contribution in [0.1, 0.15) is 27.0 Å². The van der Waals surface area contributed by atoms with Crippen LogP contribution < -0.4 is 0 Å². The number of alkyl halides is 3. The molecule has 1 aromatic rings. The van der Waals surface area contributed by atoms with Crippen LogP contribution in [-0.2, 0) is 12.6 Å². The summed E-state index contributed by atoms with van der Waals surface area (Å²) in [5.74, 6) is -0.689. The van der Waals surface area contributed by atoms with Gasteiger partial charge in [-0.25, -0.2) is 0 Å². The van der Waals surface area contributed by atoms with Crippen LogP contribution in [0.25, 0.3) is 6.08 Å². The molecule has 3 nitrogen and oxygen atoms in total. The molecule has 1 amide bonds. The van der Waals surface area contributed by atoms with E-state index in [1.54, 1.807) is 12.2 Å². The number of hydrogen-bond acceptors (Lipinski definition) is 2. The zero-order chi connectivity index (χ0) is 12.2. The lowest BCUT2D eigenvalue weighted by Gasteiger charge is -2.12. The van der Waals surface area contributed by atoms with Gasteiger partial charge in [0.25, 0.3) is 5.91 Å². The van der Waals surface area contributed by atoms with Gasteiger partial charge in [-0.1, -0.05) is 12.2 Å². The summed E-state index contributed by atoms with van der Waals surface area (Å²) in [4.78, 5) is 11.4. The van der Waals surface area contributed by atoms with Crippen LogP contribution in [0.3, 0.4) is 0 Å². The summed E-state index contributed by atoms with van der Waals surface area (Å²) in [6.45, 7) is 0. The predicted octanol–water partition coefficient (Wildman–Crippen LogP) is 3.51. The average Bonchev–Trinajstić information content (AvgIpc) is 2.81. The summed E-state index contributed by atoms with van der Waals surface area (Å²) in [7, 11) is 0. The molecule has 1 aliphatic heterocycles. The standard InChI is InChI=1S/C11H5F3N2O/c12-11(13,14)7-4-5-2-1-3-6(5)8-9(7)15-16-10(8)17/h1-2,4H,3H2. The van der Waals surface area contributed by atoms with E-state index in [0.717, 1.165) is 6.07 Å². The first-order chi connectivity index (χ1) is 7.98. The minimum absolute atomic E-state index is 0.000162. The van der Waals surface area contributed by atoms with Crippen LogP contribution in [-0.4, -0.2) is 5.91 Å². The molecular weight excluding hydrogens is 233 g/mol. The molecule has 0 fully saturated rings. The Kier molecular flexibility index (Phi) is 1.81. The molecule has 0 spiro atoms. The molecule has 1 aromatic carbocycles. The van der Waals surface area contributed by atoms with Crippen molar-refractivity contribution in [2.24, 2.45) is 10.2 Å². The van der Waals surface area contributed by atoms with E-state index >= 15 is 0 Å². The second kappa shape index (κ2) is 3.03. The zero-order valence-corrected chi connectivity index (χ0v) is 8.38. The molecule has 2 aliphatic rings. The third-order valence-corrected chi connectivity index (χ3v) is 2.82. The van der Waals surface area contributed by atoms with E-state index < -0.39 is 17.6 Å². The highest BCUT2D eigenvalue weighted by Gasteiger charge is 2.39. The third-order valence-electron chi connectivity index (χ3n) is 2.82. The van der Waals surface area contributed by atoms with Gasteiger partial charge in [0.2, 0.25) is 0 Å². The fraction of sp³-hybridized carbons (Fsp3) is 0.182. The number of rotatable bonds is 0. The number of halogens is 3. The Morgan fingerprint density at radius 2 is 2.00 bits per heavy atom. The normalized spacial score (nSPS) is 16.5. The molecule has 1 aliphatic carbocycles. The van der Waals surface area contributed by atoms with Gasteiger partial charge in [-0.2, -0.15) is 13.2 Å². The fourth-order valence-corrected chi connectivity index (χ4v) is 2.10. The van der Waals surface area contributed by atoms with Crippen molar-refractivity contribution in [2.45, 2.75) is 12.6 Å². The van der Waals surface area contributed by atoms with Gasteiger partial charge in [0.15, 0.2) is 0 Å². The van der Waals surface area contributed by atoms with Crippen molar-refractivity contribution in [3.05, 3.63) is 34.4 Å². The Bertz CT molecular complexity index is 600. The van der Waals surface area contributed by atoms with Crippen molar-refractivity contribution >= 4 is 17.7 Å². The Hall–Kier alpha value is -1.98. The molecule has 0 aromatic heterocycles. The summed E-state index contributed by atoms with van der Waals surface area (Å²) >= 11 is 0. The van der Waals surface area contributed by atoms with Crippen molar-refractivity contribution in [1.82, 2.24) is 0 Å². The number of carbonyl (C=O) groups excluding carboxylic acids is 1. The van der Waals surface area contributed by atoms with E-state index in [4.69, 9.17) is 0 Å². The monoisotopic (exact) mass is 238 g/mol. The SMILES string of the molecule is O=C1N=Nc2c(C(F)(F)F)cc3c(c21)CC=C3. The maximum absolute atomic E-state index is 12.8. The van der Waals surface area contributed by atoms with Crippen LogP contribution in [0.15, 0.2) is 22.4 Å². The van der Waals surface area contributed by atoms with Crippen LogP contribution in [0.5, 0.6) is 0 Å². The van der Waals surface area contributed by atoms with Gasteiger partial charge in [-0.3, -0.25) is 4.79 Å². The second-order valence-electron chi connectivity index (χ2n) is 3.82. The first-order valence-corrected chi connectivity index (χ1v) is 4.88. The number of amides is 1. The van der Waals surface area contributed by atoms with Gasteiger partial charge < -0.3 is 0 Å². The van der Waals surface area contributed by atoms with Crippen molar-refractivity contribution in [3.63, 3.8) is 0 Å². The minimum atomic E-state index is -4.53. The fourth-order valence-electron chi connectivity index (χ4n) is 2.10. The zero-order valence-electron chi connectivity index (χ0n) is 8.38. The maximum Gasteiger partial charge on any atom is 0.418 e. The van der Waals surface area contributed by atoms with Crippen LogP contribution in [0, 0.1) is 0 Å². The summed E-state index contributed by atoms with van der Waals surface area (Å²) in [6, 6.07) is 1.02. The lowest BCUT2D eigenvalue weighted by atomic mass is 9.96. The molecular formula is C11H5F3N2O. The van der Waals surface area contributed by atoms with Gasteiger partial charge in [-0.15, -0.1) is 10.2 Å². The van der Waals surface area contributed by atoms with Gasteiger partial charge in [0.1, 0.15) is 5.69 Å². The Morgan fingerprint density at radius 1 is 1.24 bits per heavy atom. The molecule has 0 saturated heterocycles. The molecule has 86 valence electrons. The summed E-state index contributed by atoms with van der Waals surface area (Å²) in [5, 5.41) is 6.57. The van der Waals surface area contributed by atoms with E-state index in [1.165, 1.54) is 0 Å².